The van der Waals surface area contributed by atoms with E-state index in [-0.39, 0.29) is 11.1 Å². The lowest BCUT2D eigenvalue weighted by Gasteiger charge is -2.11. The topological polar surface area (TPSA) is 86.6 Å². The van der Waals surface area contributed by atoms with Crippen molar-refractivity contribution in [1.82, 2.24) is 28.3 Å². The van der Waals surface area contributed by atoms with Gasteiger partial charge in [0.2, 0.25) is 5.95 Å². The molecule has 93 heavy (non-hydrogen) atoms. The fourth-order valence-corrected chi connectivity index (χ4v) is 17.5. The summed E-state index contributed by atoms with van der Waals surface area (Å²) in [6.45, 7) is 0. The highest BCUT2D eigenvalue weighted by Crippen LogP contribution is 2.46. The Kier molecular flexibility index (Phi) is 10.3. The van der Waals surface area contributed by atoms with Crippen LogP contribution in [0.3, 0.4) is 0 Å². The minimum Gasteiger partial charge on any atom is -0.278 e. The number of aromatic nitrogens is 6. The average Bonchev–Trinajstić information content (AvgIpc) is 1.58. The van der Waals surface area contributed by atoms with Crippen LogP contribution in [-0.2, 0) is 0 Å². The van der Waals surface area contributed by atoms with Gasteiger partial charge in [-0.2, -0.15) is 9.97 Å². The number of fused-ring (bicyclic) bond motifs is 19. The highest BCUT2D eigenvalue weighted by atomic mass is 32.1. The van der Waals surface area contributed by atoms with E-state index in [9.17, 15) is 4.79 Å². The number of nitrogens with zero attached hydrogens (tertiary/aromatic N) is 6. The second kappa shape index (κ2) is 18.8. The van der Waals surface area contributed by atoms with E-state index >= 15 is 4.79 Å². The second-order valence-electron chi connectivity index (χ2n) is 24.5. The Morgan fingerprint density at radius 3 is 1.41 bits per heavy atom. The molecule has 21 rings (SSSR count). The van der Waals surface area contributed by atoms with Gasteiger partial charge in [0, 0.05) is 105 Å². The molecule has 0 N–H and O–H groups in total. The van der Waals surface area contributed by atoms with Crippen molar-refractivity contribution in [2.45, 2.75) is 0 Å². The maximum Gasteiger partial charge on any atom is 0.263 e. The van der Waals surface area contributed by atoms with E-state index in [0.717, 1.165) is 131 Å². The number of pyridine rings is 2. The van der Waals surface area contributed by atoms with Gasteiger partial charge in [-0.25, -0.2) is 4.98 Å². The fraction of sp³-hybridized carbons (Fsp3) is 0. The first kappa shape index (κ1) is 50.9. The van der Waals surface area contributed by atoms with Crippen molar-refractivity contribution >= 4 is 161 Å². The summed E-state index contributed by atoms with van der Waals surface area (Å²) in [6, 6.07) is 93.9. The third-order valence-corrected chi connectivity index (χ3v) is 21.9. The number of hydrogen-bond acceptors (Lipinski definition) is 7. The number of para-hydroxylation sites is 2. The van der Waals surface area contributed by atoms with Crippen molar-refractivity contribution in [3.63, 3.8) is 0 Å². The Morgan fingerprint density at radius 1 is 0.237 bits per heavy atom. The maximum atomic E-state index is 15.5. The van der Waals surface area contributed by atoms with E-state index in [2.05, 4.69) is 187 Å². The van der Waals surface area contributed by atoms with Gasteiger partial charge in [0.05, 0.1) is 33.1 Å². The predicted octanol–water partition coefficient (Wildman–Crippen LogP) is 21.1. The molecule has 0 saturated heterocycles. The Hall–Kier alpha value is -12.0. The van der Waals surface area contributed by atoms with Crippen molar-refractivity contribution in [3.05, 3.63) is 288 Å². The van der Waals surface area contributed by atoms with Crippen molar-refractivity contribution in [2.75, 3.05) is 0 Å². The van der Waals surface area contributed by atoms with Crippen LogP contribution in [0.1, 0.15) is 0 Å². The van der Waals surface area contributed by atoms with Gasteiger partial charge < -0.3 is 0 Å². The molecule has 0 aliphatic rings. The Balaban J connectivity index is 0.691. The lowest BCUT2D eigenvalue weighted by atomic mass is 9.95. The zero-order valence-corrected chi connectivity index (χ0v) is 50.9. The van der Waals surface area contributed by atoms with Crippen LogP contribution in [-0.4, -0.2) is 28.3 Å². The first-order valence-corrected chi connectivity index (χ1v) is 32.8. The molecule has 430 valence electrons. The lowest BCUT2D eigenvalue weighted by Crippen LogP contribution is -2.13. The van der Waals surface area contributed by atoms with Crippen LogP contribution in [0.25, 0.3) is 200 Å². The summed E-state index contributed by atoms with van der Waals surface area (Å²) < 4.78 is 11.0. The molecule has 0 aliphatic heterocycles. The third kappa shape index (κ3) is 7.21. The molecule has 0 saturated carbocycles. The molecule has 0 bridgehead atoms. The minimum atomic E-state index is -0.0567. The van der Waals surface area contributed by atoms with Gasteiger partial charge in [-0.1, -0.05) is 176 Å². The van der Waals surface area contributed by atoms with Crippen molar-refractivity contribution < 1.29 is 0 Å². The largest absolute Gasteiger partial charge is 0.278 e. The number of rotatable bonds is 6. The monoisotopic (exact) mass is 1220 g/mol. The Labute approximate surface area is 535 Å². The molecular weight excluding hydrogens is 1180 g/mol. The van der Waals surface area contributed by atoms with E-state index < -0.39 is 0 Å². The molecular formula is C83H44N6O2S2. The number of hydrogen-bond donors (Lipinski definition) is 0. The molecule has 13 aromatic carbocycles. The summed E-state index contributed by atoms with van der Waals surface area (Å²) in [5.74, 6) is 1.68. The average molecular weight is 1220 g/mol. The summed E-state index contributed by atoms with van der Waals surface area (Å²) in [5.41, 5.74) is 13.7. The molecule has 8 aromatic heterocycles. The quantitative estimate of drug-likeness (QED) is 0.155. The molecule has 0 aliphatic carbocycles. The summed E-state index contributed by atoms with van der Waals surface area (Å²) in [6.07, 6.45) is 0. The van der Waals surface area contributed by atoms with Crippen LogP contribution in [0.5, 0.6) is 0 Å². The van der Waals surface area contributed by atoms with Crippen LogP contribution in [0.4, 0.5) is 0 Å². The van der Waals surface area contributed by atoms with Crippen molar-refractivity contribution in [2.24, 2.45) is 0 Å². The molecule has 0 radical (unpaired) electrons. The van der Waals surface area contributed by atoms with Gasteiger partial charge in [0.15, 0.2) is 11.6 Å². The molecule has 0 atom stereocenters. The lowest BCUT2D eigenvalue weighted by molar-refractivity contribution is 0.954. The zero-order valence-electron chi connectivity index (χ0n) is 49.2. The molecule has 0 fully saturated rings. The number of benzene rings is 13. The Bertz CT molecular complexity index is 6920. The third-order valence-electron chi connectivity index (χ3n) is 19.6. The highest BCUT2D eigenvalue weighted by molar-refractivity contribution is 7.26. The van der Waals surface area contributed by atoms with Gasteiger partial charge in [-0.15, -0.1) is 22.7 Å². The first-order valence-electron chi connectivity index (χ1n) is 31.1. The summed E-state index contributed by atoms with van der Waals surface area (Å²) >= 11 is 3.61. The van der Waals surface area contributed by atoms with Crippen LogP contribution >= 0.6 is 22.7 Å². The summed E-state index contributed by atoms with van der Waals surface area (Å²) in [4.78, 5) is 45.5. The molecule has 10 heteroatoms. The van der Waals surface area contributed by atoms with Gasteiger partial charge in [-0.3, -0.25) is 23.0 Å². The van der Waals surface area contributed by atoms with Gasteiger partial charge >= 0.3 is 0 Å². The first-order chi connectivity index (χ1) is 45.9. The minimum absolute atomic E-state index is 0.00369. The van der Waals surface area contributed by atoms with Crippen LogP contribution in [0.15, 0.2) is 277 Å². The van der Waals surface area contributed by atoms with Gasteiger partial charge in [0.1, 0.15) is 0 Å². The SMILES string of the molecule is O=c1c2ccccc2c2cc(-c3ccc4sc5cc(-c6ccc7c(c6)c(=O)n6c8cc9c%10ccccc%10n(-c%10nc(-c%11ccccc%11)nc(-c%11ccccc%11)n%10)c9cc8c8cccc7c86)ccc5c4c3)cc3c4cc(-c5ccc6sc7ccccc7c6c5)ccc4n1c23. The van der Waals surface area contributed by atoms with E-state index in [4.69, 9.17) is 15.0 Å². The molecule has 0 unspecified atom stereocenters. The highest BCUT2D eigenvalue weighted by Gasteiger charge is 2.25. The number of thiophene rings is 2. The van der Waals surface area contributed by atoms with E-state index in [1.54, 1.807) is 11.3 Å². The molecule has 21 aromatic rings. The normalized spacial score (nSPS) is 12.4. The molecule has 0 amide bonds. The standard InChI is InChI=1S/C83H44N6O2S2/c90-81-60-21-8-7-18-53(60)66-40-52(41-67-61-36-48(28-33-70(61)88(81)78(66)67)49-29-34-74-64(37-49)56-20-10-12-25-73(56)92-74)50-30-35-75-65(38-50)57-32-27-51(42-76(57)93-75)47-26-31-54-58-22-13-23-59-63-44-71-62(43-72(63)89(77(58)59)82(91)68(54)39-47)55-19-9-11-24-69(55)87(71)83-85-79(45-14-3-1-4-15-45)84-80(86-83)46-16-5-2-6-17-46/h1-44H. The molecule has 0 spiro atoms. The van der Waals surface area contributed by atoms with Gasteiger partial charge in [-0.05, 0) is 135 Å². The predicted molar refractivity (Wildman–Crippen MR) is 389 cm³/mol. The van der Waals surface area contributed by atoms with Crippen LogP contribution < -0.4 is 11.1 Å². The summed E-state index contributed by atoms with van der Waals surface area (Å²) in [5, 5.41) is 16.3. The second-order valence-corrected chi connectivity index (χ2v) is 26.7. The van der Waals surface area contributed by atoms with Crippen LogP contribution in [0.2, 0.25) is 0 Å². The Morgan fingerprint density at radius 2 is 0.677 bits per heavy atom. The fourth-order valence-electron chi connectivity index (χ4n) is 15.3. The smallest absolute Gasteiger partial charge is 0.263 e. The molecule has 8 nitrogen and oxygen atoms in total. The summed E-state index contributed by atoms with van der Waals surface area (Å²) in [7, 11) is 0. The van der Waals surface area contributed by atoms with Crippen molar-refractivity contribution in [1.29, 1.82) is 0 Å². The molecule has 8 heterocycles. The van der Waals surface area contributed by atoms with E-state index in [1.807, 2.05) is 105 Å². The zero-order chi connectivity index (χ0) is 60.9. The van der Waals surface area contributed by atoms with E-state index in [1.165, 1.54) is 40.3 Å². The van der Waals surface area contributed by atoms with Gasteiger partial charge in [0.25, 0.3) is 11.1 Å². The van der Waals surface area contributed by atoms with E-state index in [0.29, 0.717) is 28.4 Å². The van der Waals surface area contributed by atoms with Crippen LogP contribution in [0, 0.1) is 0 Å². The maximum absolute atomic E-state index is 15.5. The van der Waals surface area contributed by atoms with Crippen molar-refractivity contribution in [3.8, 4) is 62.1 Å².